The summed E-state index contributed by atoms with van der Waals surface area (Å²) in [7, 11) is 1.44. The Bertz CT molecular complexity index is 370. The Morgan fingerprint density at radius 2 is 1.94 bits per heavy atom. The quantitative estimate of drug-likeness (QED) is 0.708. The summed E-state index contributed by atoms with van der Waals surface area (Å²) < 4.78 is 9.50. The third-order valence-corrected chi connectivity index (χ3v) is 2.05. The molecule has 0 saturated carbocycles. The molecule has 0 fully saturated rings. The van der Waals surface area contributed by atoms with Crippen LogP contribution in [0, 0.1) is 0 Å². The maximum atomic E-state index is 11.0. The Morgan fingerprint density at radius 3 is 2.53 bits per heavy atom. The zero-order valence-corrected chi connectivity index (χ0v) is 9.42. The van der Waals surface area contributed by atoms with E-state index < -0.39 is 5.97 Å². The van der Waals surface area contributed by atoms with E-state index in [1.165, 1.54) is 12.3 Å². The highest BCUT2D eigenvalue weighted by atomic mass is 17.0. The van der Waals surface area contributed by atoms with Gasteiger partial charge >= 0.3 is 5.97 Å². The molecule has 0 unspecified atom stereocenters. The number of para-hydroxylation sites is 2. The van der Waals surface area contributed by atoms with Gasteiger partial charge in [0.1, 0.15) is 19.8 Å². The van der Waals surface area contributed by atoms with Gasteiger partial charge in [0.15, 0.2) is 11.5 Å². The minimum atomic E-state index is -0.413. The van der Waals surface area contributed by atoms with Crippen molar-refractivity contribution in [2.45, 2.75) is 0 Å². The SMILES string of the molecule is COCC(=O)OCCN1Oc2ccccc2O1. The van der Waals surface area contributed by atoms with Crippen LogP contribution in [0.4, 0.5) is 0 Å². The summed E-state index contributed by atoms with van der Waals surface area (Å²) in [5.74, 6) is 0.885. The summed E-state index contributed by atoms with van der Waals surface area (Å²) in [6.45, 7) is 0.447. The average molecular weight is 239 g/mol. The van der Waals surface area contributed by atoms with Crippen molar-refractivity contribution >= 4 is 5.97 Å². The molecule has 17 heavy (non-hydrogen) atoms. The predicted molar refractivity (Wildman–Crippen MR) is 57.2 cm³/mol. The molecule has 2 rings (SSSR count). The van der Waals surface area contributed by atoms with Gasteiger partial charge in [0, 0.05) is 12.3 Å². The molecule has 6 nitrogen and oxygen atoms in total. The first-order valence-electron chi connectivity index (χ1n) is 5.16. The number of hydroxylamine groups is 2. The second kappa shape index (κ2) is 5.51. The van der Waals surface area contributed by atoms with E-state index in [4.69, 9.17) is 14.4 Å². The summed E-state index contributed by atoms with van der Waals surface area (Å²) in [4.78, 5) is 21.7. The molecule has 1 heterocycles. The molecule has 0 aromatic heterocycles. The lowest BCUT2D eigenvalue weighted by molar-refractivity contribution is -0.231. The number of hydrogen-bond acceptors (Lipinski definition) is 6. The topological polar surface area (TPSA) is 57.2 Å². The van der Waals surface area contributed by atoms with E-state index in [1.54, 1.807) is 12.1 Å². The molecule has 0 radical (unpaired) electrons. The van der Waals surface area contributed by atoms with Gasteiger partial charge in [-0.2, -0.15) is 0 Å². The smallest absolute Gasteiger partial charge is 0.332 e. The highest BCUT2D eigenvalue weighted by molar-refractivity contribution is 5.70. The zero-order valence-electron chi connectivity index (χ0n) is 9.42. The van der Waals surface area contributed by atoms with Crippen LogP contribution in [0.5, 0.6) is 11.5 Å². The summed E-state index contributed by atoms with van der Waals surface area (Å²) in [6, 6.07) is 7.30. The Kier molecular flexibility index (Phi) is 3.79. The van der Waals surface area contributed by atoms with Crippen molar-refractivity contribution in [3.8, 4) is 11.5 Å². The molecule has 1 aromatic carbocycles. The van der Waals surface area contributed by atoms with Gasteiger partial charge < -0.3 is 19.1 Å². The van der Waals surface area contributed by atoms with E-state index in [0.29, 0.717) is 18.0 Å². The number of rotatable bonds is 5. The molecular formula is C11H13NO5. The maximum Gasteiger partial charge on any atom is 0.332 e. The lowest BCUT2D eigenvalue weighted by atomic mass is 10.3. The van der Waals surface area contributed by atoms with Gasteiger partial charge in [-0.05, 0) is 12.1 Å². The number of carbonyl (C=O) groups is 1. The third kappa shape index (κ3) is 3.08. The van der Waals surface area contributed by atoms with Crippen molar-refractivity contribution in [1.82, 2.24) is 5.23 Å². The highest BCUT2D eigenvalue weighted by Gasteiger charge is 2.22. The molecule has 0 spiro atoms. The maximum absolute atomic E-state index is 11.0. The van der Waals surface area contributed by atoms with Crippen LogP contribution in [-0.2, 0) is 14.3 Å². The number of methoxy groups -OCH3 is 1. The molecule has 6 heteroatoms. The van der Waals surface area contributed by atoms with E-state index in [9.17, 15) is 4.79 Å². The van der Waals surface area contributed by atoms with E-state index >= 15 is 0 Å². The number of fused-ring (bicyclic) bond motifs is 1. The number of carbonyl (C=O) groups excluding carboxylic acids is 1. The van der Waals surface area contributed by atoms with Crippen LogP contribution < -0.4 is 9.68 Å². The van der Waals surface area contributed by atoms with Crippen LogP contribution in [0.25, 0.3) is 0 Å². The van der Waals surface area contributed by atoms with Gasteiger partial charge in [-0.1, -0.05) is 12.1 Å². The first-order chi connectivity index (χ1) is 8.29. The fourth-order valence-electron chi connectivity index (χ4n) is 1.32. The monoisotopic (exact) mass is 239 g/mol. The average Bonchev–Trinajstić information content (AvgIpc) is 2.71. The second-order valence-electron chi connectivity index (χ2n) is 3.34. The molecule has 0 atom stereocenters. The molecule has 0 N–H and O–H groups in total. The van der Waals surface area contributed by atoms with Crippen molar-refractivity contribution in [1.29, 1.82) is 0 Å². The van der Waals surface area contributed by atoms with Crippen LogP contribution in [-0.4, -0.2) is 38.1 Å². The van der Waals surface area contributed by atoms with Crippen LogP contribution in [0.15, 0.2) is 24.3 Å². The Hall–Kier alpha value is -1.79. The van der Waals surface area contributed by atoms with Crippen molar-refractivity contribution in [3.63, 3.8) is 0 Å². The highest BCUT2D eigenvalue weighted by Crippen LogP contribution is 2.32. The molecular weight excluding hydrogens is 226 g/mol. The lowest BCUT2D eigenvalue weighted by Gasteiger charge is -2.12. The fraction of sp³-hybridized carbons (Fsp3) is 0.364. The van der Waals surface area contributed by atoms with Crippen molar-refractivity contribution < 1.29 is 23.9 Å². The Morgan fingerprint density at radius 1 is 1.29 bits per heavy atom. The van der Waals surface area contributed by atoms with Crippen LogP contribution in [0.1, 0.15) is 0 Å². The molecule has 1 aromatic rings. The van der Waals surface area contributed by atoms with Crippen molar-refractivity contribution in [2.75, 3.05) is 26.9 Å². The summed E-state index contributed by atoms with van der Waals surface area (Å²) >= 11 is 0. The molecule has 0 amide bonds. The molecule has 1 aliphatic heterocycles. The van der Waals surface area contributed by atoms with Gasteiger partial charge in [-0.3, -0.25) is 0 Å². The van der Waals surface area contributed by atoms with Gasteiger partial charge in [-0.25, -0.2) is 4.79 Å². The van der Waals surface area contributed by atoms with E-state index in [0.717, 1.165) is 0 Å². The number of esters is 1. The van der Waals surface area contributed by atoms with Gasteiger partial charge in [0.05, 0.1) is 0 Å². The van der Waals surface area contributed by atoms with E-state index in [2.05, 4.69) is 4.74 Å². The van der Waals surface area contributed by atoms with Gasteiger partial charge in [0.25, 0.3) is 0 Å². The number of benzene rings is 1. The van der Waals surface area contributed by atoms with Crippen molar-refractivity contribution in [3.05, 3.63) is 24.3 Å². The standard InChI is InChI=1S/C11H13NO5/c1-14-8-11(13)15-7-6-12-16-9-4-2-3-5-10(9)17-12/h2-5H,6-8H2,1H3. The molecule has 0 aliphatic carbocycles. The van der Waals surface area contributed by atoms with Crippen LogP contribution >= 0.6 is 0 Å². The third-order valence-electron chi connectivity index (χ3n) is 2.05. The van der Waals surface area contributed by atoms with Gasteiger partial charge in [-0.15, -0.1) is 0 Å². The van der Waals surface area contributed by atoms with E-state index in [-0.39, 0.29) is 13.2 Å². The normalized spacial score (nSPS) is 13.7. The number of ether oxygens (including phenoxy) is 2. The largest absolute Gasteiger partial charge is 0.462 e. The second-order valence-corrected chi connectivity index (χ2v) is 3.34. The molecule has 0 bridgehead atoms. The zero-order chi connectivity index (χ0) is 12.1. The van der Waals surface area contributed by atoms with Gasteiger partial charge in [0.2, 0.25) is 0 Å². The summed E-state index contributed by atoms with van der Waals surface area (Å²) in [5, 5.41) is 1.27. The molecule has 0 saturated heterocycles. The van der Waals surface area contributed by atoms with Crippen molar-refractivity contribution in [2.24, 2.45) is 0 Å². The van der Waals surface area contributed by atoms with Crippen LogP contribution in [0.2, 0.25) is 0 Å². The first-order valence-corrected chi connectivity index (χ1v) is 5.16. The lowest BCUT2D eigenvalue weighted by Crippen LogP contribution is -2.30. The molecule has 1 aliphatic rings. The predicted octanol–water partition coefficient (Wildman–Crippen LogP) is 0.779. The number of hydrogen-bond donors (Lipinski definition) is 0. The summed E-state index contributed by atoms with van der Waals surface area (Å²) in [6.07, 6.45) is 0. The first kappa shape index (κ1) is 11.7. The fourth-order valence-corrected chi connectivity index (χ4v) is 1.32. The summed E-state index contributed by atoms with van der Waals surface area (Å²) in [5.41, 5.74) is 0. The Labute approximate surface area is 98.5 Å². The van der Waals surface area contributed by atoms with Crippen LogP contribution in [0.3, 0.4) is 0 Å². The Balaban J connectivity index is 1.72. The van der Waals surface area contributed by atoms with E-state index in [1.807, 2.05) is 12.1 Å². The minimum absolute atomic E-state index is 0.0536. The minimum Gasteiger partial charge on any atom is -0.462 e. The number of nitrogens with zero attached hydrogens (tertiary/aromatic N) is 1. The molecule has 92 valence electrons.